The van der Waals surface area contributed by atoms with E-state index in [4.69, 9.17) is 9.47 Å². The van der Waals surface area contributed by atoms with Crippen LogP contribution in [-0.2, 0) is 4.74 Å². The topological polar surface area (TPSA) is 76.7 Å². The number of hydrazine groups is 1. The standard InChI is InChI=1S/C21H19FN2O4S/c1-27-11-12-28-17-4-2-3-15(13-17)20(25)23-24-21(26)19-10-9-18(29-19)14-5-7-16(22)8-6-14/h2-10,13H,11-12H2,1H3,(H,23,25)(H,24,26). The number of halogens is 1. The van der Waals surface area contributed by atoms with Crippen molar-refractivity contribution in [3.8, 4) is 16.2 Å². The predicted octanol–water partition coefficient (Wildman–Crippen LogP) is 3.65. The summed E-state index contributed by atoms with van der Waals surface area (Å²) in [6, 6.07) is 16.0. The molecule has 0 radical (unpaired) electrons. The number of ether oxygens (including phenoxy) is 2. The molecule has 0 aliphatic heterocycles. The van der Waals surface area contributed by atoms with Crippen molar-refractivity contribution in [2.75, 3.05) is 20.3 Å². The Kier molecular flexibility index (Phi) is 6.94. The molecule has 6 nitrogen and oxygen atoms in total. The number of rotatable bonds is 7. The Morgan fingerprint density at radius 3 is 2.48 bits per heavy atom. The van der Waals surface area contributed by atoms with Gasteiger partial charge in [-0.25, -0.2) is 4.39 Å². The summed E-state index contributed by atoms with van der Waals surface area (Å²) in [4.78, 5) is 25.8. The van der Waals surface area contributed by atoms with Gasteiger partial charge in [0.1, 0.15) is 18.2 Å². The van der Waals surface area contributed by atoms with Crippen LogP contribution in [0.15, 0.2) is 60.7 Å². The number of nitrogens with one attached hydrogen (secondary N) is 2. The molecule has 8 heteroatoms. The van der Waals surface area contributed by atoms with Gasteiger partial charge in [0.25, 0.3) is 11.8 Å². The lowest BCUT2D eigenvalue weighted by molar-refractivity contribution is 0.0848. The number of carbonyl (C=O) groups excluding carboxylic acids is 2. The SMILES string of the molecule is COCCOc1cccc(C(=O)NNC(=O)c2ccc(-c3ccc(F)cc3)s2)c1. The largest absolute Gasteiger partial charge is 0.491 e. The van der Waals surface area contributed by atoms with Gasteiger partial charge in [0.2, 0.25) is 0 Å². The van der Waals surface area contributed by atoms with Crippen LogP contribution in [0.3, 0.4) is 0 Å². The third-order valence-corrected chi connectivity index (χ3v) is 5.03. The van der Waals surface area contributed by atoms with Gasteiger partial charge in [-0.15, -0.1) is 11.3 Å². The van der Waals surface area contributed by atoms with E-state index in [1.165, 1.54) is 23.5 Å². The molecular formula is C21H19FN2O4S. The van der Waals surface area contributed by atoms with E-state index in [9.17, 15) is 14.0 Å². The van der Waals surface area contributed by atoms with Crippen LogP contribution in [0.1, 0.15) is 20.0 Å². The highest BCUT2D eigenvalue weighted by molar-refractivity contribution is 7.17. The van der Waals surface area contributed by atoms with Crippen molar-refractivity contribution in [3.63, 3.8) is 0 Å². The molecule has 3 aromatic rings. The zero-order valence-electron chi connectivity index (χ0n) is 15.6. The first kappa shape index (κ1) is 20.5. The number of hydrogen-bond donors (Lipinski definition) is 2. The lowest BCUT2D eigenvalue weighted by Crippen LogP contribution is -2.41. The van der Waals surface area contributed by atoms with E-state index in [0.717, 1.165) is 10.4 Å². The molecule has 0 aliphatic rings. The highest BCUT2D eigenvalue weighted by atomic mass is 32.1. The number of methoxy groups -OCH3 is 1. The summed E-state index contributed by atoms with van der Waals surface area (Å²) in [6.07, 6.45) is 0. The smallest absolute Gasteiger partial charge is 0.279 e. The lowest BCUT2D eigenvalue weighted by Gasteiger charge is -2.09. The van der Waals surface area contributed by atoms with Gasteiger partial charge in [-0.1, -0.05) is 18.2 Å². The zero-order chi connectivity index (χ0) is 20.6. The van der Waals surface area contributed by atoms with Crippen molar-refractivity contribution in [2.24, 2.45) is 0 Å². The Bertz CT molecular complexity index is 988. The van der Waals surface area contributed by atoms with Crippen molar-refractivity contribution in [1.82, 2.24) is 10.9 Å². The Hall–Kier alpha value is -3.23. The maximum absolute atomic E-state index is 13.0. The summed E-state index contributed by atoms with van der Waals surface area (Å²) in [5.41, 5.74) is 5.94. The second-order valence-corrected chi connectivity index (χ2v) is 7.03. The fourth-order valence-corrected chi connectivity index (χ4v) is 3.35. The van der Waals surface area contributed by atoms with E-state index >= 15 is 0 Å². The van der Waals surface area contributed by atoms with Crippen molar-refractivity contribution in [3.05, 3.63) is 76.9 Å². The molecule has 1 heterocycles. The third kappa shape index (κ3) is 5.63. The van der Waals surface area contributed by atoms with Gasteiger partial charge in [-0.05, 0) is 48.0 Å². The van der Waals surface area contributed by atoms with Gasteiger partial charge >= 0.3 is 0 Å². The maximum Gasteiger partial charge on any atom is 0.279 e. The number of thiophene rings is 1. The number of benzene rings is 2. The van der Waals surface area contributed by atoms with Gasteiger partial charge in [0.15, 0.2) is 0 Å². The molecule has 0 unspecified atom stereocenters. The van der Waals surface area contributed by atoms with Crippen LogP contribution >= 0.6 is 11.3 Å². The summed E-state index contributed by atoms with van der Waals surface area (Å²) in [5.74, 6) is -0.697. The van der Waals surface area contributed by atoms with Crippen molar-refractivity contribution < 1.29 is 23.5 Å². The highest BCUT2D eigenvalue weighted by Crippen LogP contribution is 2.28. The summed E-state index contributed by atoms with van der Waals surface area (Å²) in [7, 11) is 1.58. The summed E-state index contributed by atoms with van der Waals surface area (Å²) in [6.45, 7) is 0.806. The highest BCUT2D eigenvalue weighted by Gasteiger charge is 2.13. The van der Waals surface area contributed by atoms with E-state index in [1.54, 1.807) is 55.6 Å². The number of amides is 2. The zero-order valence-corrected chi connectivity index (χ0v) is 16.4. The van der Waals surface area contributed by atoms with Crippen LogP contribution in [0.5, 0.6) is 5.75 Å². The molecule has 0 atom stereocenters. The molecule has 0 spiro atoms. The van der Waals surface area contributed by atoms with Crippen LogP contribution < -0.4 is 15.6 Å². The van der Waals surface area contributed by atoms with Crippen LogP contribution in [0.25, 0.3) is 10.4 Å². The normalized spacial score (nSPS) is 10.4. The first-order valence-electron chi connectivity index (χ1n) is 8.75. The van der Waals surface area contributed by atoms with Crippen LogP contribution in [0.2, 0.25) is 0 Å². The van der Waals surface area contributed by atoms with Gasteiger partial charge in [0.05, 0.1) is 11.5 Å². The van der Waals surface area contributed by atoms with Gasteiger partial charge in [0, 0.05) is 17.6 Å². The second kappa shape index (κ2) is 9.81. The predicted molar refractivity (Wildman–Crippen MR) is 108 cm³/mol. The molecular weight excluding hydrogens is 395 g/mol. The molecule has 2 amide bonds. The van der Waals surface area contributed by atoms with Crippen molar-refractivity contribution in [2.45, 2.75) is 0 Å². The van der Waals surface area contributed by atoms with Crippen LogP contribution in [0.4, 0.5) is 4.39 Å². The summed E-state index contributed by atoms with van der Waals surface area (Å²) < 4.78 is 23.4. The molecule has 0 bridgehead atoms. The van der Waals surface area contributed by atoms with Crippen molar-refractivity contribution >= 4 is 23.2 Å². The average Bonchev–Trinajstić information content (AvgIpc) is 3.23. The molecule has 2 aromatic carbocycles. The molecule has 3 rings (SSSR count). The minimum atomic E-state index is -0.467. The van der Waals surface area contributed by atoms with Crippen molar-refractivity contribution in [1.29, 1.82) is 0 Å². The molecule has 0 saturated heterocycles. The Labute approximate surface area is 171 Å². The Balaban J connectivity index is 1.57. The summed E-state index contributed by atoms with van der Waals surface area (Å²) >= 11 is 1.24. The second-order valence-electron chi connectivity index (χ2n) is 5.95. The van der Waals surface area contributed by atoms with Crippen LogP contribution in [0, 0.1) is 5.82 Å². The monoisotopic (exact) mass is 414 g/mol. The Morgan fingerprint density at radius 2 is 1.72 bits per heavy atom. The molecule has 0 fully saturated rings. The fourth-order valence-electron chi connectivity index (χ4n) is 2.45. The van der Waals surface area contributed by atoms with Gasteiger partial charge in [-0.3, -0.25) is 20.4 Å². The quantitative estimate of drug-likeness (QED) is 0.457. The maximum atomic E-state index is 13.0. The van der Waals surface area contributed by atoms with Gasteiger partial charge in [-0.2, -0.15) is 0 Å². The Morgan fingerprint density at radius 1 is 0.966 bits per heavy atom. The average molecular weight is 414 g/mol. The summed E-state index contributed by atoms with van der Waals surface area (Å²) in [5, 5.41) is 0. The molecule has 0 saturated carbocycles. The first-order chi connectivity index (χ1) is 14.1. The molecule has 29 heavy (non-hydrogen) atoms. The number of carbonyl (C=O) groups is 2. The third-order valence-electron chi connectivity index (χ3n) is 3.90. The molecule has 0 aliphatic carbocycles. The van der Waals surface area contributed by atoms with Crippen LogP contribution in [-0.4, -0.2) is 32.1 Å². The fraction of sp³-hybridized carbons (Fsp3) is 0.143. The van der Waals surface area contributed by atoms with Gasteiger partial charge < -0.3 is 9.47 Å². The van der Waals surface area contributed by atoms with E-state index in [2.05, 4.69) is 10.9 Å². The van der Waals surface area contributed by atoms with E-state index in [-0.39, 0.29) is 5.82 Å². The minimum Gasteiger partial charge on any atom is -0.491 e. The van der Waals surface area contributed by atoms with E-state index < -0.39 is 11.8 Å². The number of hydrogen-bond acceptors (Lipinski definition) is 5. The minimum absolute atomic E-state index is 0.320. The lowest BCUT2D eigenvalue weighted by atomic mass is 10.2. The molecule has 1 aromatic heterocycles. The molecule has 2 N–H and O–H groups in total. The van der Waals surface area contributed by atoms with E-state index in [1.807, 2.05) is 0 Å². The molecule has 150 valence electrons. The first-order valence-corrected chi connectivity index (χ1v) is 9.57. The van der Waals surface area contributed by atoms with E-state index in [0.29, 0.717) is 29.4 Å².